The summed E-state index contributed by atoms with van der Waals surface area (Å²) in [4.78, 5) is 0.957. The first-order chi connectivity index (χ1) is 16.4. The molecule has 0 fully saturated rings. The van der Waals surface area contributed by atoms with E-state index < -0.39 is 11.9 Å². The second-order valence-electron chi connectivity index (χ2n) is 7.32. The number of hydrogen-bond donors (Lipinski definition) is 2. The van der Waals surface area contributed by atoms with Crippen molar-refractivity contribution in [1.82, 2.24) is 30.6 Å². The minimum atomic E-state index is -4.63. The number of halogens is 3. The highest BCUT2D eigenvalue weighted by atomic mass is 32.1. The molecule has 2 N–H and O–H groups in total. The van der Waals surface area contributed by atoms with E-state index in [4.69, 9.17) is 9.15 Å². The van der Waals surface area contributed by atoms with Gasteiger partial charge < -0.3 is 19.8 Å². The van der Waals surface area contributed by atoms with Gasteiger partial charge in [0.05, 0.1) is 18.4 Å². The molecule has 1 aliphatic carbocycles. The highest BCUT2D eigenvalue weighted by Crippen LogP contribution is 2.34. The fourth-order valence-electron chi connectivity index (χ4n) is 3.29. The van der Waals surface area contributed by atoms with Crippen LogP contribution in [0.15, 0.2) is 52.0 Å². The Morgan fingerprint density at radius 3 is 2.76 bits per heavy atom. The van der Waals surface area contributed by atoms with Gasteiger partial charge in [-0.3, -0.25) is 0 Å². The van der Waals surface area contributed by atoms with E-state index in [1.54, 1.807) is 23.6 Å². The zero-order valence-electron chi connectivity index (χ0n) is 18.5. The standard InChI is InChI=1S/C22H23F3N6O2S/c1-26-8-9-27-12-15-10-14(13-34-15)31-17(11-19(30-31)22(23,24)25)21-29-28-20(33-21)16-6-4-3-5-7-18(16)32-2/h3-6,10-11,13,26-27H,7-9,12H2,1-2H3. The molecule has 0 saturated heterocycles. The van der Waals surface area contributed by atoms with Gasteiger partial charge in [0.1, 0.15) is 11.5 Å². The molecule has 0 aromatic carbocycles. The maximum atomic E-state index is 13.5. The van der Waals surface area contributed by atoms with E-state index in [0.29, 0.717) is 30.0 Å². The molecule has 3 aromatic rings. The largest absolute Gasteiger partial charge is 0.500 e. The third-order valence-electron chi connectivity index (χ3n) is 4.97. The molecular formula is C22H23F3N6O2S. The monoisotopic (exact) mass is 492 g/mol. The number of allylic oxidation sites excluding steroid dienone is 5. The number of hydrogen-bond acceptors (Lipinski definition) is 8. The van der Waals surface area contributed by atoms with Crippen LogP contribution >= 0.6 is 11.3 Å². The van der Waals surface area contributed by atoms with E-state index in [9.17, 15) is 13.2 Å². The Hall–Kier alpha value is -3.22. The summed E-state index contributed by atoms with van der Waals surface area (Å²) in [6.45, 7) is 2.17. The van der Waals surface area contributed by atoms with Crippen LogP contribution in [0.4, 0.5) is 13.2 Å². The van der Waals surface area contributed by atoms with Crippen molar-refractivity contribution in [2.24, 2.45) is 0 Å². The summed E-state index contributed by atoms with van der Waals surface area (Å²) < 4.78 is 52.9. The number of thiophene rings is 1. The molecule has 180 valence electrons. The summed E-state index contributed by atoms with van der Waals surface area (Å²) in [5, 5.41) is 19.9. The summed E-state index contributed by atoms with van der Waals surface area (Å²) in [7, 11) is 3.40. The Bertz CT molecular complexity index is 1220. The number of alkyl halides is 3. The minimum absolute atomic E-state index is 0.0499. The molecule has 0 aliphatic heterocycles. The van der Waals surface area contributed by atoms with E-state index in [0.717, 1.165) is 24.0 Å². The molecule has 0 saturated carbocycles. The predicted octanol–water partition coefficient (Wildman–Crippen LogP) is 4.19. The molecule has 3 aromatic heterocycles. The van der Waals surface area contributed by atoms with Crippen LogP contribution in [0.3, 0.4) is 0 Å². The first-order valence-corrected chi connectivity index (χ1v) is 11.3. The predicted molar refractivity (Wildman–Crippen MR) is 122 cm³/mol. The van der Waals surface area contributed by atoms with Crippen LogP contribution in [0.25, 0.3) is 22.8 Å². The Labute approximate surface area is 197 Å². The second kappa shape index (κ2) is 10.4. The van der Waals surface area contributed by atoms with Crippen molar-refractivity contribution in [3.8, 4) is 17.3 Å². The number of nitrogens with zero attached hydrogens (tertiary/aromatic N) is 4. The fraction of sp³-hybridized carbons (Fsp3) is 0.318. The number of ether oxygens (including phenoxy) is 1. The third-order valence-corrected chi connectivity index (χ3v) is 5.89. The molecule has 0 amide bonds. The fourth-order valence-corrected chi connectivity index (χ4v) is 4.11. The molecule has 1 aliphatic rings. The van der Waals surface area contributed by atoms with Crippen LogP contribution < -0.4 is 10.6 Å². The van der Waals surface area contributed by atoms with Crippen LogP contribution in [0.2, 0.25) is 0 Å². The molecule has 34 heavy (non-hydrogen) atoms. The van der Waals surface area contributed by atoms with Crippen molar-refractivity contribution in [2.45, 2.75) is 19.1 Å². The first-order valence-electron chi connectivity index (χ1n) is 10.5. The normalized spacial score (nSPS) is 14.1. The quantitative estimate of drug-likeness (QED) is 0.433. The summed E-state index contributed by atoms with van der Waals surface area (Å²) in [6.07, 6.45) is 3.21. The van der Waals surface area contributed by atoms with Crippen molar-refractivity contribution in [3.05, 3.63) is 64.0 Å². The summed E-state index contributed by atoms with van der Waals surface area (Å²) in [5.41, 5.74) is 0.0567. The zero-order chi connectivity index (χ0) is 24.1. The molecule has 8 nitrogen and oxygen atoms in total. The van der Waals surface area contributed by atoms with E-state index in [2.05, 4.69) is 25.9 Å². The topological polar surface area (TPSA) is 90.0 Å². The zero-order valence-corrected chi connectivity index (χ0v) is 19.3. The number of nitrogens with one attached hydrogen (secondary N) is 2. The molecule has 0 unspecified atom stereocenters. The lowest BCUT2D eigenvalue weighted by Crippen LogP contribution is -2.24. The molecule has 4 rings (SSSR count). The van der Waals surface area contributed by atoms with Crippen LogP contribution in [-0.2, 0) is 17.5 Å². The van der Waals surface area contributed by atoms with Gasteiger partial charge in [-0.25, -0.2) is 4.68 Å². The van der Waals surface area contributed by atoms with Gasteiger partial charge in [-0.1, -0.05) is 18.2 Å². The molecule has 12 heteroatoms. The van der Waals surface area contributed by atoms with Crippen molar-refractivity contribution < 1.29 is 22.3 Å². The number of rotatable bonds is 9. The summed E-state index contributed by atoms with van der Waals surface area (Å²) in [5.74, 6) is 0.678. The third kappa shape index (κ3) is 5.29. The highest BCUT2D eigenvalue weighted by Gasteiger charge is 2.36. The van der Waals surface area contributed by atoms with Gasteiger partial charge in [0.2, 0.25) is 0 Å². The number of likely N-dealkylation sites (N-methyl/N-ethyl adjacent to an activating group) is 1. The van der Waals surface area contributed by atoms with Gasteiger partial charge in [0.15, 0.2) is 5.69 Å². The molecule has 0 bridgehead atoms. The van der Waals surface area contributed by atoms with Crippen molar-refractivity contribution in [1.29, 1.82) is 0 Å². The maximum Gasteiger partial charge on any atom is 0.435 e. The average Bonchev–Trinajstić information content (AvgIpc) is 3.53. The number of methoxy groups -OCH3 is 1. The van der Waals surface area contributed by atoms with Gasteiger partial charge in [0, 0.05) is 42.4 Å². The minimum Gasteiger partial charge on any atom is -0.500 e. The highest BCUT2D eigenvalue weighted by molar-refractivity contribution is 7.10. The Kier molecular flexibility index (Phi) is 7.29. The lowest BCUT2D eigenvalue weighted by molar-refractivity contribution is -0.141. The smallest absolute Gasteiger partial charge is 0.435 e. The summed E-state index contributed by atoms with van der Waals surface area (Å²) >= 11 is 1.42. The molecular weight excluding hydrogens is 469 g/mol. The molecule has 3 heterocycles. The van der Waals surface area contributed by atoms with Crippen LogP contribution in [0.1, 0.15) is 22.9 Å². The number of aromatic nitrogens is 4. The van der Waals surface area contributed by atoms with E-state index >= 15 is 0 Å². The van der Waals surface area contributed by atoms with Gasteiger partial charge in [-0.05, 0) is 19.2 Å². The van der Waals surface area contributed by atoms with Crippen molar-refractivity contribution in [3.63, 3.8) is 0 Å². The van der Waals surface area contributed by atoms with Gasteiger partial charge in [-0.2, -0.15) is 18.3 Å². The van der Waals surface area contributed by atoms with Crippen LogP contribution in [-0.4, -0.2) is 47.2 Å². The molecule has 0 spiro atoms. The first kappa shape index (κ1) is 23.9. The summed E-state index contributed by atoms with van der Waals surface area (Å²) in [6, 6.07) is 2.70. The Balaban J connectivity index is 1.69. The van der Waals surface area contributed by atoms with Crippen molar-refractivity contribution in [2.75, 3.05) is 27.2 Å². The van der Waals surface area contributed by atoms with Crippen LogP contribution in [0, 0.1) is 0 Å². The second-order valence-corrected chi connectivity index (χ2v) is 8.32. The van der Waals surface area contributed by atoms with Gasteiger partial charge >= 0.3 is 6.18 Å². The van der Waals surface area contributed by atoms with Crippen LogP contribution in [0.5, 0.6) is 0 Å². The van der Waals surface area contributed by atoms with E-state index in [1.165, 1.54) is 23.1 Å². The van der Waals surface area contributed by atoms with Gasteiger partial charge in [0.25, 0.3) is 11.8 Å². The van der Waals surface area contributed by atoms with Crippen molar-refractivity contribution >= 4 is 16.9 Å². The SMILES string of the molecule is CNCCNCc1cc(-n2nc(C(F)(F)F)cc2-c2nnc(C3=C(OC)CC=CC=C3)o2)cs1. The Morgan fingerprint density at radius 1 is 1.18 bits per heavy atom. The van der Waals surface area contributed by atoms with Gasteiger partial charge in [-0.15, -0.1) is 21.5 Å². The van der Waals surface area contributed by atoms with E-state index in [1.807, 2.05) is 19.2 Å². The molecule has 0 radical (unpaired) electrons. The lowest BCUT2D eigenvalue weighted by Gasteiger charge is -2.05. The average molecular weight is 493 g/mol. The Morgan fingerprint density at radius 2 is 2.00 bits per heavy atom. The maximum absolute atomic E-state index is 13.5. The lowest BCUT2D eigenvalue weighted by atomic mass is 10.2. The molecule has 0 atom stereocenters. The van der Waals surface area contributed by atoms with E-state index in [-0.39, 0.29) is 17.5 Å².